The van der Waals surface area contributed by atoms with Crippen LogP contribution in [-0.2, 0) is 0 Å². The van der Waals surface area contributed by atoms with Crippen molar-refractivity contribution >= 4 is 27.5 Å². The van der Waals surface area contributed by atoms with E-state index in [9.17, 15) is 4.79 Å². The zero-order valence-electron chi connectivity index (χ0n) is 13.0. The van der Waals surface area contributed by atoms with Gasteiger partial charge < -0.3 is 9.64 Å². The topological polar surface area (TPSA) is 29.5 Å². The standard InChI is InChI=1S/C19H18BrNO2/c1-12-16(20)3-2-4-17(12)21-9-10-23-18-11-14(13-5-6-13)7-8-15(18)19(21)22/h2-4,7-8,11,13H,5-6,9-10H2,1H3. The van der Waals surface area contributed by atoms with Crippen LogP contribution in [0.25, 0.3) is 0 Å². The highest BCUT2D eigenvalue weighted by Gasteiger charge is 2.29. The summed E-state index contributed by atoms with van der Waals surface area (Å²) in [6, 6.07) is 12.0. The van der Waals surface area contributed by atoms with Crippen LogP contribution in [0.1, 0.15) is 40.2 Å². The van der Waals surface area contributed by atoms with Crippen LogP contribution in [0.4, 0.5) is 5.69 Å². The third kappa shape index (κ3) is 2.65. The van der Waals surface area contributed by atoms with E-state index >= 15 is 0 Å². The Labute approximate surface area is 144 Å². The molecule has 118 valence electrons. The Hall–Kier alpha value is -1.81. The molecular weight excluding hydrogens is 354 g/mol. The molecule has 23 heavy (non-hydrogen) atoms. The molecule has 1 amide bonds. The van der Waals surface area contributed by atoms with Crippen LogP contribution in [0.2, 0.25) is 0 Å². The van der Waals surface area contributed by atoms with Crippen LogP contribution < -0.4 is 9.64 Å². The van der Waals surface area contributed by atoms with Gasteiger partial charge in [0.15, 0.2) is 0 Å². The molecule has 0 radical (unpaired) electrons. The third-order valence-corrected chi connectivity index (χ3v) is 5.49. The molecule has 1 aliphatic heterocycles. The van der Waals surface area contributed by atoms with Gasteiger partial charge in [0, 0.05) is 10.2 Å². The van der Waals surface area contributed by atoms with Gasteiger partial charge in [-0.1, -0.05) is 28.1 Å². The van der Waals surface area contributed by atoms with Crippen LogP contribution >= 0.6 is 15.9 Å². The van der Waals surface area contributed by atoms with E-state index in [2.05, 4.69) is 28.1 Å². The Kier molecular flexibility index (Phi) is 3.64. The first kappa shape index (κ1) is 14.8. The van der Waals surface area contributed by atoms with E-state index < -0.39 is 0 Å². The van der Waals surface area contributed by atoms with Crippen molar-refractivity contribution in [3.63, 3.8) is 0 Å². The molecule has 0 bridgehead atoms. The lowest BCUT2D eigenvalue weighted by molar-refractivity contribution is 0.0989. The predicted molar refractivity (Wildman–Crippen MR) is 94.5 cm³/mol. The number of carbonyl (C=O) groups excluding carboxylic acids is 1. The first-order chi connectivity index (χ1) is 11.1. The first-order valence-corrected chi connectivity index (χ1v) is 8.78. The summed E-state index contributed by atoms with van der Waals surface area (Å²) >= 11 is 3.55. The minimum atomic E-state index is 0.0149. The van der Waals surface area contributed by atoms with E-state index in [1.54, 1.807) is 0 Å². The summed E-state index contributed by atoms with van der Waals surface area (Å²) in [6.07, 6.45) is 2.49. The molecule has 3 nitrogen and oxygen atoms in total. The maximum absolute atomic E-state index is 13.0. The number of anilines is 1. The van der Waals surface area contributed by atoms with E-state index in [-0.39, 0.29) is 5.91 Å². The molecule has 0 N–H and O–H groups in total. The fraction of sp³-hybridized carbons (Fsp3) is 0.316. The molecule has 1 heterocycles. The average molecular weight is 372 g/mol. The van der Waals surface area contributed by atoms with Crippen LogP contribution in [0.3, 0.4) is 0 Å². The Balaban J connectivity index is 1.74. The summed E-state index contributed by atoms with van der Waals surface area (Å²) in [5.41, 5.74) is 3.96. The summed E-state index contributed by atoms with van der Waals surface area (Å²) in [7, 11) is 0. The molecule has 2 aromatic carbocycles. The molecule has 0 aromatic heterocycles. The number of amides is 1. The summed E-state index contributed by atoms with van der Waals surface area (Å²) < 4.78 is 6.90. The van der Waals surface area contributed by atoms with Gasteiger partial charge in [-0.15, -0.1) is 0 Å². The third-order valence-electron chi connectivity index (χ3n) is 4.63. The number of hydrogen-bond acceptors (Lipinski definition) is 2. The van der Waals surface area contributed by atoms with Gasteiger partial charge >= 0.3 is 0 Å². The highest BCUT2D eigenvalue weighted by Crippen LogP contribution is 2.42. The molecule has 0 spiro atoms. The number of rotatable bonds is 2. The minimum absolute atomic E-state index is 0.0149. The summed E-state index contributed by atoms with van der Waals surface area (Å²) in [6.45, 7) is 3.10. The molecule has 1 saturated carbocycles. The van der Waals surface area contributed by atoms with Crippen molar-refractivity contribution in [1.29, 1.82) is 0 Å². The quantitative estimate of drug-likeness (QED) is 0.767. The fourth-order valence-corrected chi connectivity index (χ4v) is 3.47. The Morgan fingerprint density at radius 3 is 2.83 bits per heavy atom. The van der Waals surface area contributed by atoms with Gasteiger partial charge in [-0.2, -0.15) is 0 Å². The molecule has 2 aromatic rings. The van der Waals surface area contributed by atoms with Gasteiger partial charge in [-0.25, -0.2) is 0 Å². The lowest BCUT2D eigenvalue weighted by Gasteiger charge is -2.22. The van der Waals surface area contributed by atoms with E-state index in [1.807, 2.05) is 36.1 Å². The molecule has 0 unspecified atom stereocenters. The van der Waals surface area contributed by atoms with E-state index in [0.717, 1.165) is 21.5 Å². The van der Waals surface area contributed by atoms with Crippen LogP contribution in [0, 0.1) is 6.92 Å². The van der Waals surface area contributed by atoms with Gasteiger partial charge in [0.2, 0.25) is 0 Å². The van der Waals surface area contributed by atoms with Gasteiger partial charge in [0.05, 0.1) is 12.1 Å². The number of fused-ring (bicyclic) bond motifs is 1. The number of ether oxygens (including phenoxy) is 1. The number of benzene rings is 2. The summed E-state index contributed by atoms with van der Waals surface area (Å²) in [5, 5.41) is 0. The summed E-state index contributed by atoms with van der Waals surface area (Å²) in [4.78, 5) is 14.9. The normalized spacial score (nSPS) is 17.5. The number of halogens is 1. The van der Waals surface area contributed by atoms with Crippen molar-refractivity contribution in [2.24, 2.45) is 0 Å². The van der Waals surface area contributed by atoms with E-state index in [4.69, 9.17) is 4.74 Å². The first-order valence-electron chi connectivity index (χ1n) is 7.99. The minimum Gasteiger partial charge on any atom is -0.491 e. The number of carbonyl (C=O) groups is 1. The van der Waals surface area contributed by atoms with Gasteiger partial charge in [0.25, 0.3) is 5.91 Å². The second kappa shape index (κ2) is 5.68. The number of nitrogens with zero attached hydrogens (tertiary/aromatic N) is 1. The molecule has 4 heteroatoms. The lowest BCUT2D eigenvalue weighted by Crippen LogP contribution is -2.32. The van der Waals surface area contributed by atoms with Gasteiger partial charge in [-0.05, 0) is 61.1 Å². The predicted octanol–water partition coefficient (Wildman–Crippen LogP) is 4.67. The van der Waals surface area contributed by atoms with E-state index in [0.29, 0.717) is 24.6 Å². The monoisotopic (exact) mass is 371 g/mol. The van der Waals surface area contributed by atoms with Crippen molar-refractivity contribution in [1.82, 2.24) is 0 Å². The average Bonchev–Trinajstić information content (AvgIpc) is 3.39. The Morgan fingerprint density at radius 1 is 1.22 bits per heavy atom. The van der Waals surface area contributed by atoms with Crippen LogP contribution in [-0.4, -0.2) is 19.1 Å². The number of hydrogen-bond donors (Lipinski definition) is 0. The lowest BCUT2D eigenvalue weighted by atomic mass is 10.1. The molecular formula is C19H18BrNO2. The molecule has 2 aliphatic rings. The Morgan fingerprint density at radius 2 is 2.04 bits per heavy atom. The maximum Gasteiger partial charge on any atom is 0.262 e. The fourth-order valence-electron chi connectivity index (χ4n) is 3.12. The van der Waals surface area contributed by atoms with Crippen molar-refractivity contribution < 1.29 is 9.53 Å². The molecule has 1 aliphatic carbocycles. The van der Waals surface area contributed by atoms with E-state index in [1.165, 1.54) is 18.4 Å². The van der Waals surface area contributed by atoms with Crippen LogP contribution in [0.15, 0.2) is 40.9 Å². The molecule has 4 rings (SSSR count). The van der Waals surface area contributed by atoms with Crippen molar-refractivity contribution in [3.05, 3.63) is 57.6 Å². The largest absolute Gasteiger partial charge is 0.491 e. The maximum atomic E-state index is 13.0. The zero-order valence-corrected chi connectivity index (χ0v) is 14.6. The van der Waals surface area contributed by atoms with Crippen molar-refractivity contribution in [2.45, 2.75) is 25.7 Å². The smallest absolute Gasteiger partial charge is 0.262 e. The van der Waals surface area contributed by atoms with Gasteiger partial charge in [0.1, 0.15) is 12.4 Å². The molecule has 0 atom stereocenters. The van der Waals surface area contributed by atoms with Crippen molar-refractivity contribution in [3.8, 4) is 5.75 Å². The zero-order chi connectivity index (χ0) is 16.0. The second-order valence-electron chi connectivity index (χ2n) is 6.22. The van der Waals surface area contributed by atoms with Gasteiger partial charge in [-0.3, -0.25) is 4.79 Å². The second-order valence-corrected chi connectivity index (χ2v) is 7.07. The summed E-state index contributed by atoms with van der Waals surface area (Å²) in [5.74, 6) is 1.40. The Bertz CT molecular complexity index is 783. The van der Waals surface area contributed by atoms with Crippen molar-refractivity contribution in [2.75, 3.05) is 18.1 Å². The highest BCUT2D eigenvalue weighted by molar-refractivity contribution is 9.10. The molecule has 1 fully saturated rings. The molecule has 0 saturated heterocycles. The van der Waals surface area contributed by atoms with Crippen LogP contribution in [0.5, 0.6) is 5.75 Å². The highest BCUT2D eigenvalue weighted by atomic mass is 79.9. The SMILES string of the molecule is Cc1c(Br)cccc1N1CCOc2cc(C3CC3)ccc2C1=O.